The minimum absolute atomic E-state index is 0.174. The fraction of sp³-hybridized carbons (Fsp3) is 0.176. The zero-order chi connectivity index (χ0) is 15.2. The zero-order valence-corrected chi connectivity index (χ0v) is 11.6. The van der Waals surface area contributed by atoms with Crippen LogP contribution in [0, 0.1) is 17.1 Å². The van der Waals surface area contributed by atoms with Gasteiger partial charge in [0.2, 0.25) is 0 Å². The molecule has 106 valence electrons. The van der Waals surface area contributed by atoms with E-state index in [9.17, 15) is 9.18 Å². The molecular weight excluding hydrogens is 267 g/mol. The van der Waals surface area contributed by atoms with Gasteiger partial charge in [-0.05, 0) is 35.4 Å². The molecule has 0 aliphatic carbocycles. The van der Waals surface area contributed by atoms with Crippen LogP contribution in [0.3, 0.4) is 0 Å². The minimum atomic E-state index is -0.312. The molecule has 4 heteroatoms. The lowest BCUT2D eigenvalue weighted by Gasteiger charge is -2.15. The maximum absolute atomic E-state index is 13.0. The third-order valence-corrected chi connectivity index (χ3v) is 3.35. The topological polar surface area (TPSA) is 52.9 Å². The maximum atomic E-state index is 13.0. The van der Waals surface area contributed by atoms with E-state index in [1.165, 1.54) is 12.1 Å². The standard InChI is InChI=1S/C17H15FN2O/c1-20-17(21)14-4-2-3-13(11-14)16(9-10-19)12-5-7-15(18)8-6-12/h2-8,11,16H,9H2,1H3,(H,20,21). The highest BCUT2D eigenvalue weighted by Gasteiger charge is 2.15. The molecule has 3 nitrogen and oxygen atoms in total. The van der Waals surface area contributed by atoms with Crippen molar-refractivity contribution >= 4 is 5.91 Å². The van der Waals surface area contributed by atoms with Gasteiger partial charge in [-0.15, -0.1) is 0 Å². The van der Waals surface area contributed by atoms with Crippen LogP contribution in [0.5, 0.6) is 0 Å². The van der Waals surface area contributed by atoms with Crippen molar-refractivity contribution in [2.75, 3.05) is 7.05 Å². The van der Waals surface area contributed by atoms with E-state index in [1.54, 1.807) is 37.4 Å². The van der Waals surface area contributed by atoms with Crippen LogP contribution < -0.4 is 5.32 Å². The Labute approximate surface area is 123 Å². The zero-order valence-electron chi connectivity index (χ0n) is 11.6. The highest BCUT2D eigenvalue weighted by Crippen LogP contribution is 2.28. The summed E-state index contributed by atoms with van der Waals surface area (Å²) < 4.78 is 13.0. The van der Waals surface area contributed by atoms with Crippen molar-refractivity contribution in [3.05, 3.63) is 71.0 Å². The molecule has 1 atom stereocenters. The number of benzene rings is 2. The summed E-state index contributed by atoms with van der Waals surface area (Å²) in [5.41, 5.74) is 2.26. The van der Waals surface area contributed by atoms with Gasteiger partial charge >= 0.3 is 0 Å². The third-order valence-electron chi connectivity index (χ3n) is 3.35. The summed E-state index contributed by atoms with van der Waals surface area (Å²) in [5.74, 6) is -0.666. The molecular formula is C17H15FN2O. The number of carbonyl (C=O) groups excluding carboxylic acids is 1. The number of nitriles is 1. The Kier molecular flexibility index (Phi) is 4.68. The van der Waals surface area contributed by atoms with Crippen LogP contribution in [0.2, 0.25) is 0 Å². The van der Waals surface area contributed by atoms with E-state index in [-0.39, 0.29) is 24.1 Å². The van der Waals surface area contributed by atoms with Gasteiger partial charge in [0.05, 0.1) is 6.07 Å². The summed E-state index contributed by atoms with van der Waals surface area (Å²) in [7, 11) is 1.57. The van der Waals surface area contributed by atoms with E-state index in [4.69, 9.17) is 5.26 Å². The van der Waals surface area contributed by atoms with Crippen molar-refractivity contribution in [3.8, 4) is 6.07 Å². The number of rotatable bonds is 4. The van der Waals surface area contributed by atoms with Crippen LogP contribution in [-0.2, 0) is 0 Å². The van der Waals surface area contributed by atoms with Crippen molar-refractivity contribution in [2.45, 2.75) is 12.3 Å². The number of nitrogens with zero attached hydrogens (tertiary/aromatic N) is 1. The van der Waals surface area contributed by atoms with Crippen LogP contribution >= 0.6 is 0 Å². The number of carbonyl (C=O) groups is 1. The second-order valence-corrected chi connectivity index (χ2v) is 4.67. The van der Waals surface area contributed by atoms with Gasteiger partial charge in [0.25, 0.3) is 5.91 Å². The molecule has 0 spiro atoms. The fourth-order valence-corrected chi connectivity index (χ4v) is 2.26. The first-order chi connectivity index (χ1) is 10.2. The molecule has 0 saturated carbocycles. The van der Waals surface area contributed by atoms with E-state index < -0.39 is 0 Å². The molecule has 1 N–H and O–H groups in total. The molecule has 0 bridgehead atoms. The van der Waals surface area contributed by atoms with E-state index in [0.29, 0.717) is 5.56 Å². The molecule has 21 heavy (non-hydrogen) atoms. The quantitative estimate of drug-likeness (QED) is 0.936. The largest absolute Gasteiger partial charge is 0.355 e. The monoisotopic (exact) mass is 282 g/mol. The average molecular weight is 282 g/mol. The van der Waals surface area contributed by atoms with Gasteiger partial charge in [0, 0.05) is 24.9 Å². The number of amides is 1. The van der Waals surface area contributed by atoms with E-state index >= 15 is 0 Å². The molecule has 0 heterocycles. The Bertz CT molecular complexity index is 674. The minimum Gasteiger partial charge on any atom is -0.355 e. The normalized spacial score (nSPS) is 11.5. The maximum Gasteiger partial charge on any atom is 0.251 e. The smallest absolute Gasteiger partial charge is 0.251 e. The molecule has 0 saturated heterocycles. The lowest BCUT2D eigenvalue weighted by atomic mass is 9.88. The van der Waals surface area contributed by atoms with Crippen molar-refractivity contribution in [1.82, 2.24) is 5.32 Å². The summed E-state index contributed by atoms with van der Waals surface area (Å²) in [6.07, 6.45) is 0.267. The van der Waals surface area contributed by atoms with E-state index in [0.717, 1.165) is 11.1 Å². The van der Waals surface area contributed by atoms with E-state index in [1.807, 2.05) is 6.07 Å². The second-order valence-electron chi connectivity index (χ2n) is 4.67. The molecule has 1 unspecified atom stereocenters. The van der Waals surface area contributed by atoms with E-state index in [2.05, 4.69) is 11.4 Å². The third kappa shape index (κ3) is 3.46. The van der Waals surface area contributed by atoms with Crippen molar-refractivity contribution in [3.63, 3.8) is 0 Å². The number of halogens is 1. The molecule has 0 aliphatic rings. The molecule has 2 rings (SSSR count). The lowest BCUT2D eigenvalue weighted by Crippen LogP contribution is -2.18. The van der Waals surface area contributed by atoms with Gasteiger partial charge in [0.1, 0.15) is 5.82 Å². The first-order valence-electron chi connectivity index (χ1n) is 6.60. The predicted molar refractivity (Wildman–Crippen MR) is 78.3 cm³/mol. The summed E-state index contributed by atoms with van der Waals surface area (Å²) in [6.45, 7) is 0. The van der Waals surface area contributed by atoms with Gasteiger partial charge in [-0.2, -0.15) is 5.26 Å². The lowest BCUT2D eigenvalue weighted by molar-refractivity contribution is 0.0963. The Morgan fingerprint density at radius 3 is 2.57 bits per heavy atom. The van der Waals surface area contributed by atoms with Crippen LogP contribution in [0.4, 0.5) is 4.39 Å². The molecule has 1 amide bonds. The first-order valence-corrected chi connectivity index (χ1v) is 6.60. The number of hydrogen-bond donors (Lipinski definition) is 1. The van der Waals surface area contributed by atoms with Crippen LogP contribution in [0.25, 0.3) is 0 Å². The SMILES string of the molecule is CNC(=O)c1cccc(C(CC#N)c2ccc(F)cc2)c1. The number of nitrogens with one attached hydrogen (secondary N) is 1. The van der Waals surface area contributed by atoms with Gasteiger partial charge in [-0.1, -0.05) is 24.3 Å². The molecule has 0 radical (unpaired) electrons. The second kappa shape index (κ2) is 6.67. The molecule has 2 aromatic carbocycles. The molecule has 2 aromatic rings. The number of hydrogen-bond acceptors (Lipinski definition) is 2. The van der Waals surface area contributed by atoms with Gasteiger partial charge in [0.15, 0.2) is 0 Å². The van der Waals surface area contributed by atoms with Crippen LogP contribution in [0.15, 0.2) is 48.5 Å². The Balaban J connectivity index is 2.41. The van der Waals surface area contributed by atoms with Crippen molar-refractivity contribution < 1.29 is 9.18 Å². The van der Waals surface area contributed by atoms with Crippen molar-refractivity contribution in [1.29, 1.82) is 5.26 Å². The Morgan fingerprint density at radius 1 is 1.24 bits per heavy atom. The van der Waals surface area contributed by atoms with Gasteiger partial charge < -0.3 is 5.32 Å². The van der Waals surface area contributed by atoms with Crippen LogP contribution in [-0.4, -0.2) is 13.0 Å². The average Bonchev–Trinajstić information content (AvgIpc) is 2.53. The Hall–Kier alpha value is -2.67. The summed E-state index contributed by atoms with van der Waals surface area (Å²) in [6, 6.07) is 15.4. The van der Waals surface area contributed by atoms with Gasteiger partial charge in [-0.25, -0.2) is 4.39 Å². The highest BCUT2D eigenvalue weighted by molar-refractivity contribution is 5.94. The summed E-state index contributed by atoms with van der Waals surface area (Å²) in [4.78, 5) is 11.7. The van der Waals surface area contributed by atoms with Gasteiger partial charge in [-0.3, -0.25) is 4.79 Å². The first kappa shape index (κ1) is 14.7. The highest BCUT2D eigenvalue weighted by atomic mass is 19.1. The fourth-order valence-electron chi connectivity index (χ4n) is 2.26. The molecule has 0 aromatic heterocycles. The van der Waals surface area contributed by atoms with Crippen LogP contribution in [0.1, 0.15) is 33.8 Å². The predicted octanol–water partition coefficient (Wildman–Crippen LogP) is 3.23. The van der Waals surface area contributed by atoms with Crippen molar-refractivity contribution in [2.24, 2.45) is 0 Å². The molecule has 0 aliphatic heterocycles. The Morgan fingerprint density at radius 2 is 1.95 bits per heavy atom. The summed E-state index contributed by atoms with van der Waals surface area (Å²) in [5, 5.41) is 11.6. The summed E-state index contributed by atoms with van der Waals surface area (Å²) >= 11 is 0. The molecule has 0 fully saturated rings.